The molecule has 27 heavy (non-hydrogen) atoms. The van der Waals surface area contributed by atoms with Gasteiger partial charge in [-0.1, -0.05) is 18.2 Å². The first-order valence-corrected chi connectivity index (χ1v) is 9.05. The van der Waals surface area contributed by atoms with Crippen molar-refractivity contribution in [2.45, 2.75) is 26.1 Å². The highest BCUT2D eigenvalue weighted by Crippen LogP contribution is 2.33. The zero-order chi connectivity index (χ0) is 18.6. The summed E-state index contributed by atoms with van der Waals surface area (Å²) in [6.45, 7) is 4.16. The second kappa shape index (κ2) is 7.82. The number of fused-ring (bicyclic) bond motifs is 1. The highest BCUT2D eigenvalue weighted by Gasteiger charge is 2.16. The Bertz CT molecular complexity index is 876. The van der Waals surface area contributed by atoms with Gasteiger partial charge in [-0.2, -0.15) is 5.10 Å². The van der Waals surface area contributed by atoms with E-state index in [2.05, 4.69) is 34.3 Å². The van der Waals surface area contributed by atoms with Crippen LogP contribution < -0.4 is 9.47 Å². The van der Waals surface area contributed by atoms with Crippen LogP contribution in [0, 0.1) is 0 Å². The maximum Gasteiger partial charge on any atom is 0.231 e. The molecule has 4 rings (SSSR count). The molecule has 6 nitrogen and oxygen atoms in total. The Balaban J connectivity index is 1.47. The molecular formula is C21H23N3O3. The van der Waals surface area contributed by atoms with Gasteiger partial charge in [-0.3, -0.25) is 4.90 Å². The first kappa shape index (κ1) is 17.6. The van der Waals surface area contributed by atoms with Crippen LogP contribution in [0.15, 0.2) is 60.9 Å². The normalized spacial score (nSPS) is 13.9. The third kappa shape index (κ3) is 4.30. The molecule has 1 aliphatic rings. The van der Waals surface area contributed by atoms with Crippen LogP contribution in [0.1, 0.15) is 18.1 Å². The van der Waals surface area contributed by atoms with Gasteiger partial charge in [0.2, 0.25) is 6.79 Å². The number of benzene rings is 2. The molecule has 0 spiro atoms. The maximum atomic E-state index is 9.90. The van der Waals surface area contributed by atoms with E-state index in [0.717, 1.165) is 35.8 Å². The molecule has 0 unspecified atom stereocenters. The molecule has 2 aromatic carbocycles. The van der Waals surface area contributed by atoms with E-state index in [0.29, 0.717) is 6.54 Å². The lowest BCUT2D eigenvalue weighted by molar-refractivity contribution is 0.118. The van der Waals surface area contributed by atoms with Crippen LogP contribution in [0.3, 0.4) is 0 Å². The van der Waals surface area contributed by atoms with Crippen molar-refractivity contribution in [3.8, 4) is 17.2 Å². The van der Waals surface area contributed by atoms with Crippen molar-refractivity contribution in [2.75, 3.05) is 13.3 Å². The van der Waals surface area contributed by atoms with E-state index < -0.39 is 6.10 Å². The van der Waals surface area contributed by atoms with Crippen molar-refractivity contribution in [1.82, 2.24) is 14.7 Å². The van der Waals surface area contributed by atoms with Crippen LogP contribution in [0.2, 0.25) is 0 Å². The Morgan fingerprint density at radius 2 is 1.81 bits per heavy atom. The average molecular weight is 365 g/mol. The summed E-state index contributed by atoms with van der Waals surface area (Å²) in [5, 5.41) is 14.2. The van der Waals surface area contributed by atoms with Gasteiger partial charge >= 0.3 is 0 Å². The smallest absolute Gasteiger partial charge is 0.231 e. The van der Waals surface area contributed by atoms with Gasteiger partial charge in [-0.25, -0.2) is 4.68 Å². The van der Waals surface area contributed by atoms with Crippen LogP contribution in [-0.4, -0.2) is 39.2 Å². The molecule has 1 aliphatic heterocycles. The predicted octanol–water partition coefficient (Wildman–Crippen LogP) is 2.98. The number of rotatable bonds is 7. The number of hydrogen-bond acceptors (Lipinski definition) is 5. The standard InChI is InChI=1S/C21H23N3O3/c1-16(25)12-23(14-18-5-8-20-21(11-18)27-15-26-20)13-17-3-6-19(7-4-17)24-10-2-9-22-24/h2-11,16,25H,12-15H2,1H3/t16-/m1/s1. The van der Waals surface area contributed by atoms with Crippen molar-refractivity contribution in [3.05, 3.63) is 72.1 Å². The van der Waals surface area contributed by atoms with Gasteiger partial charge in [0, 0.05) is 32.0 Å². The molecule has 1 N–H and O–H groups in total. The topological polar surface area (TPSA) is 59.8 Å². The van der Waals surface area contributed by atoms with Crippen LogP contribution in [0.4, 0.5) is 0 Å². The van der Waals surface area contributed by atoms with Crippen molar-refractivity contribution in [2.24, 2.45) is 0 Å². The van der Waals surface area contributed by atoms with E-state index in [4.69, 9.17) is 9.47 Å². The van der Waals surface area contributed by atoms with Gasteiger partial charge in [0.15, 0.2) is 11.5 Å². The summed E-state index contributed by atoms with van der Waals surface area (Å²) in [6.07, 6.45) is 3.29. The molecule has 0 amide bonds. The molecule has 0 aliphatic carbocycles. The van der Waals surface area contributed by atoms with Crippen molar-refractivity contribution in [1.29, 1.82) is 0 Å². The zero-order valence-electron chi connectivity index (χ0n) is 15.3. The van der Waals surface area contributed by atoms with E-state index in [9.17, 15) is 5.11 Å². The summed E-state index contributed by atoms with van der Waals surface area (Å²) in [5.74, 6) is 1.57. The lowest BCUT2D eigenvalue weighted by Crippen LogP contribution is -2.30. The van der Waals surface area contributed by atoms with E-state index in [-0.39, 0.29) is 6.79 Å². The van der Waals surface area contributed by atoms with Gasteiger partial charge in [-0.05, 0) is 48.4 Å². The quantitative estimate of drug-likeness (QED) is 0.698. The van der Waals surface area contributed by atoms with Crippen LogP contribution in [0.5, 0.6) is 11.5 Å². The number of ether oxygens (including phenoxy) is 2. The van der Waals surface area contributed by atoms with Gasteiger partial charge in [0.05, 0.1) is 11.8 Å². The van der Waals surface area contributed by atoms with Crippen LogP contribution in [0.25, 0.3) is 5.69 Å². The Labute approximate surface area is 158 Å². The minimum atomic E-state index is -0.401. The number of aromatic nitrogens is 2. The summed E-state index contributed by atoms with van der Waals surface area (Å²) in [6, 6.07) is 16.2. The third-order valence-corrected chi connectivity index (χ3v) is 4.48. The summed E-state index contributed by atoms with van der Waals surface area (Å²) in [4.78, 5) is 2.23. The van der Waals surface area contributed by atoms with Crippen LogP contribution >= 0.6 is 0 Å². The first-order chi connectivity index (χ1) is 13.2. The lowest BCUT2D eigenvalue weighted by Gasteiger charge is -2.24. The summed E-state index contributed by atoms with van der Waals surface area (Å²) in [5.41, 5.74) is 3.35. The SMILES string of the molecule is C[C@@H](O)CN(Cc1ccc(-n2cccn2)cc1)Cc1ccc2c(c1)OCO2. The zero-order valence-corrected chi connectivity index (χ0v) is 15.3. The van der Waals surface area contributed by atoms with Gasteiger partial charge in [0.1, 0.15) is 0 Å². The minimum Gasteiger partial charge on any atom is -0.454 e. The fraction of sp³-hybridized carbons (Fsp3) is 0.286. The second-order valence-corrected chi connectivity index (χ2v) is 6.82. The Morgan fingerprint density at radius 3 is 2.56 bits per heavy atom. The minimum absolute atomic E-state index is 0.277. The van der Waals surface area contributed by atoms with E-state index >= 15 is 0 Å². The number of hydrogen-bond donors (Lipinski definition) is 1. The highest BCUT2D eigenvalue weighted by molar-refractivity contribution is 5.44. The molecule has 0 bridgehead atoms. The molecule has 6 heteroatoms. The van der Waals surface area contributed by atoms with Crippen molar-refractivity contribution >= 4 is 0 Å². The number of aliphatic hydroxyl groups is 1. The van der Waals surface area contributed by atoms with Crippen molar-refractivity contribution < 1.29 is 14.6 Å². The molecule has 0 radical (unpaired) electrons. The van der Waals surface area contributed by atoms with Crippen molar-refractivity contribution in [3.63, 3.8) is 0 Å². The Hall–Kier alpha value is -2.83. The fourth-order valence-electron chi connectivity index (χ4n) is 3.29. The van der Waals surface area contributed by atoms with E-state index in [1.54, 1.807) is 6.20 Å². The van der Waals surface area contributed by atoms with Crippen LogP contribution in [-0.2, 0) is 13.1 Å². The predicted molar refractivity (Wildman–Crippen MR) is 102 cm³/mol. The molecular weight excluding hydrogens is 342 g/mol. The molecule has 0 fully saturated rings. The Kier molecular flexibility index (Phi) is 5.09. The largest absolute Gasteiger partial charge is 0.454 e. The third-order valence-electron chi connectivity index (χ3n) is 4.48. The van der Waals surface area contributed by atoms with E-state index in [1.165, 1.54) is 5.56 Å². The Morgan fingerprint density at radius 1 is 1.07 bits per heavy atom. The average Bonchev–Trinajstić information content (AvgIpc) is 3.33. The lowest BCUT2D eigenvalue weighted by atomic mass is 10.1. The number of aliphatic hydroxyl groups excluding tert-OH is 1. The molecule has 0 saturated heterocycles. The molecule has 140 valence electrons. The second-order valence-electron chi connectivity index (χ2n) is 6.82. The van der Waals surface area contributed by atoms with Gasteiger partial charge in [-0.15, -0.1) is 0 Å². The highest BCUT2D eigenvalue weighted by atomic mass is 16.7. The van der Waals surface area contributed by atoms with E-state index in [1.807, 2.05) is 42.1 Å². The summed E-state index contributed by atoms with van der Waals surface area (Å²) >= 11 is 0. The number of nitrogens with zero attached hydrogens (tertiary/aromatic N) is 3. The molecule has 1 atom stereocenters. The summed E-state index contributed by atoms with van der Waals surface area (Å²) in [7, 11) is 0. The molecule has 3 aromatic rings. The fourth-order valence-corrected chi connectivity index (χ4v) is 3.29. The first-order valence-electron chi connectivity index (χ1n) is 9.05. The monoisotopic (exact) mass is 365 g/mol. The molecule has 2 heterocycles. The molecule has 0 saturated carbocycles. The molecule has 1 aromatic heterocycles. The summed E-state index contributed by atoms with van der Waals surface area (Å²) < 4.78 is 12.7. The van der Waals surface area contributed by atoms with Gasteiger partial charge in [0.25, 0.3) is 0 Å². The van der Waals surface area contributed by atoms with Gasteiger partial charge < -0.3 is 14.6 Å². The maximum absolute atomic E-state index is 9.90.